The minimum Gasteiger partial charge on any atom is -0.377 e. The number of rotatable bonds is 5. The zero-order valence-electron chi connectivity index (χ0n) is 13.3. The van der Waals surface area contributed by atoms with Crippen molar-refractivity contribution in [3.05, 3.63) is 34.1 Å². The molecule has 1 fully saturated rings. The van der Waals surface area contributed by atoms with Gasteiger partial charge in [-0.15, -0.1) is 0 Å². The van der Waals surface area contributed by atoms with Gasteiger partial charge in [-0.05, 0) is 45.6 Å². The molecule has 0 aliphatic heterocycles. The van der Waals surface area contributed by atoms with Gasteiger partial charge in [0.05, 0.1) is 4.92 Å². The third-order valence-corrected chi connectivity index (χ3v) is 4.04. The Balaban J connectivity index is 1.96. The van der Waals surface area contributed by atoms with Crippen molar-refractivity contribution in [1.82, 2.24) is 5.32 Å². The van der Waals surface area contributed by atoms with Crippen molar-refractivity contribution in [2.45, 2.75) is 51.6 Å². The van der Waals surface area contributed by atoms with E-state index in [0.29, 0.717) is 0 Å². The Labute approximate surface area is 134 Å². The van der Waals surface area contributed by atoms with Crippen molar-refractivity contribution in [2.75, 3.05) is 5.32 Å². The summed E-state index contributed by atoms with van der Waals surface area (Å²) in [6.45, 7) is 3.85. The highest BCUT2D eigenvalue weighted by Gasteiger charge is 2.27. The Hall–Kier alpha value is -2.18. The van der Waals surface area contributed by atoms with Crippen LogP contribution in [-0.4, -0.2) is 22.9 Å². The number of carbonyl (C=O) groups excluding carboxylic acids is 1. The Morgan fingerprint density at radius 1 is 1.30 bits per heavy atom. The first-order valence-corrected chi connectivity index (χ1v) is 7.87. The summed E-state index contributed by atoms with van der Waals surface area (Å²) in [6, 6.07) is 3.53. The molecule has 1 saturated carbocycles. The van der Waals surface area contributed by atoms with Crippen LogP contribution in [0.25, 0.3) is 0 Å². The van der Waals surface area contributed by atoms with Gasteiger partial charge in [-0.2, -0.15) is 0 Å². The predicted octanol–water partition coefficient (Wildman–Crippen LogP) is 3.23. The van der Waals surface area contributed by atoms with Crippen LogP contribution in [0, 0.1) is 21.8 Å². The molecule has 1 aromatic carbocycles. The smallest absolute Gasteiger partial charge is 0.292 e. The van der Waals surface area contributed by atoms with Gasteiger partial charge in [0, 0.05) is 30.1 Å². The first-order valence-electron chi connectivity index (χ1n) is 7.87. The number of benzene rings is 1. The van der Waals surface area contributed by atoms with Crippen LogP contribution in [0.15, 0.2) is 18.2 Å². The Kier molecular flexibility index (Phi) is 5.52. The second kappa shape index (κ2) is 7.39. The summed E-state index contributed by atoms with van der Waals surface area (Å²) >= 11 is 0. The first-order chi connectivity index (χ1) is 10.9. The molecule has 0 unspecified atom stereocenters. The lowest BCUT2D eigenvalue weighted by atomic mass is 9.85. The molecule has 0 radical (unpaired) electrons. The fourth-order valence-electron chi connectivity index (χ4n) is 2.91. The molecule has 1 aliphatic carbocycles. The molecule has 23 heavy (non-hydrogen) atoms. The second-order valence-corrected chi connectivity index (χ2v) is 6.27. The molecule has 0 bridgehead atoms. The zero-order chi connectivity index (χ0) is 17.0. The molecule has 2 rings (SSSR count). The molecule has 0 aromatic heterocycles. The normalized spacial score (nSPS) is 21.0. The van der Waals surface area contributed by atoms with E-state index in [4.69, 9.17) is 0 Å². The van der Waals surface area contributed by atoms with Gasteiger partial charge in [0.2, 0.25) is 5.91 Å². The summed E-state index contributed by atoms with van der Waals surface area (Å²) in [5.74, 6) is -0.462. The van der Waals surface area contributed by atoms with Crippen molar-refractivity contribution in [2.24, 2.45) is 5.92 Å². The van der Waals surface area contributed by atoms with Gasteiger partial charge >= 0.3 is 0 Å². The fraction of sp³-hybridized carbons (Fsp3) is 0.562. The van der Waals surface area contributed by atoms with Crippen LogP contribution in [0.2, 0.25) is 0 Å². The van der Waals surface area contributed by atoms with Gasteiger partial charge in [-0.1, -0.05) is 0 Å². The van der Waals surface area contributed by atoms with E-state index in [1.165, 1.54) is 6.07 Å². The molecule has 0 atom stereocenters. The summed E-state index contributed by atoms with van der Waals surface area (Å²) in [6.07, 6.45) is 2.90. The van der Waals surface area contributed by atoms with Crippen LogP contribution in [0.1, 0.15) is 39.5 Å². The molecule has 0 heterocycles. The van der Waals surface area contributed by atoms with Crippen LogP contribution in [0.3, 0.4) is 0 Å². The zero-order valence-corrected chi connectivity index (χ0v) is 13.3. The molecule has 7 heteroatoms. The highest BCUT2D eigenvalue weighted by molar-refractivity contribution is 5.79. The van der Waals surface area contributed by atoms with Crippen molar-refractivity contribution in [1.29, 1.82) is 0 Å². The first kappa shape index (κ1) is 17.2. The third-order valence-electron chi connectivity index (χ3n) is 4.04. The molecular formula is C16H22FN3O3. The van der Waals surface area contributed by atoms with Crippen molar-refractivity contribution in [3.8, 4) is 0 Å². The van der Waals surface area contributed by atoms with Crippen LogP contribution < -0.4 is 10.6 Å². The Morgan fingerprint density at radius 2 is 1.96 bits per heavy atom. The summed E-state index contributed by atoms with van der Waals surface area (Å²) < 4.78 is 13.3. The number of hydrogen-bond acceptors (Lipinski definition) is 4. The number of nitrogens with zero attached hydrogens (tertiary/aromatic N) is 1. The van der Waals surface area contributed by atoms with Crippen LogP contribution in [0.4, 0.5) is 15.8 Å². The van der Waals surface area contributed by atoms with E-state index in [-0.39, 0.29) is 35.3 Å². The lowest BCUT2D eigenvalue weighted by Gasteiger charge is -2.29. The highest BCUT2D eigenvalue weighted by Crippen LogP contribution is 2.31. The van der Waals surface area contributed by atoms with Gasteiger partial charge in [0.25, 0.3) is 5.69 Å². The molecule has 0 saturated heterocycles. The van der Waals surface area contributed by atoms with Crippen molar-refractivity contribution >= 4 is 17.3 Å². The Bertz CT molecular complexity index is 584. The quantitative estimate of drug-likeness (QED) is 0.643. The molecule has 0 spiro atoms. The van der Waals surface area contributed by atoms with Crippen LogP contribution in [0.5, 0.6) is 0 Å². The molecule has 2 N–H and O–H groups in total. The average molecular weight is 323 g/mol. The Morgan fingerprint density at radius 3 is 2.52 bits per heavy atom. The van der Waals surface area contributed by atoms with Gasteiger partial charge < -0.3 is 10.6 Å². The van der Waals surface area contributed by atoms with Crippen LogP contribution in [-0.2, 0) is 4.79 Å². The summed E-state index contributed by atoms with van der Waals surface area (Å²) in [5.41, 5.74) is 0.0659. The maximum absolute atomic E-state index is 13.3. The van der Waals surface area contributed by atoms with E-state index in [9.17, 15) is 19.3 Å². The number of nitro groups is 1. The van der Waals surface area contributed by atoms with E-state index in [1.807, 2.05) is 13.8 Å². The third kappa shape index (κ3) is 4.64. The van der Waals surface area contributed by atoms with Gasteiger partial charge in [-0.25, -0.2) is 4.39 Å². The van der Waals surface area contributed by atoms with E-state index in [2.05, 4.69) is 10.6 Å². The van der Waals surface area contributed by atoms with E-state index >= 15 is 0 Å². The van der Waals surface area contributed by atoms with Crippen molar-refractivity contribution in [3.63, 3.8) is 0 Å². The lowest BCUT2D eigenvalue weighted by molar-refractivity contribution is -0.384. The lowest BCUT2D eigenvalue weighted by Crippen LogP contribution is -2.38. The minimum absolute atomic E-state index is 0.0126. The maximum Gasteiger partial charge on any atom is 0.292 e. The maximum atomic E-state index is 13.3. The number of halogens is 1. The molecule has 1 aliphatic rings. The minimum atomic E-state index is -0.524. The largest absolute Gasteiger partial charge is 0.377 e. The monoisotopic (exact) mass is 323 g/mol. The molecule has 1 amide bonds. The van der Waals surface area contributed by atoms with Gasteiger partial charge in [-0.3, -0.25) is 14.9 Å². The van der Waals surface area contributed by atoms with E-state index in [1.54, 1.807) is 0 Å². The van der Waals surface area contributed by atoms with Crippen LogP contribution >= 0.6 is 0 Å². The summed E-state index contributed by atoms with van der Waals surface area (Å²) in [5, 5.41) is 17.0. The number of hydrogen-bond donors (Lipinski definition) is 2. The van der Waals surface area contributed by atoms with E-state index < -0.39 is 10.7 Å². The van der Waals surface area contributed by atoms with Crippen molar-refractivity contribution < 1.29 is 14.1 Å². The number of anilines is 1. The van der Waals surface area contributed by atoms with Gasteiger partial charge in [0.1, 0.15) is 11.5 Å². The number of carbonyl (C=O) groups is 1. The summed E-state index contributed by atoms with van der Waals surface area (Å²) in [7, 11) is 0. The molecule has 1 aromatic rings. The standard InChI is InChI=1S/C16H22FN3O3/c1-10(2)18-16(21)11-3-6-13(7-4-11)19-14-9-12(17)5-8-15(14)20(22)23/h5,8-11,13,19H,3-4,6-7H2,1-2H3,(H,18,21)/t11-,13+. The molecule has 126 valence electrons. The predicted molar refractivity (Wildman–Crippen MR) is 85.7 cm³/mol. The summed E-state index contributed by atoms with van der Waals surface area (Å²) in [4.78, 5) is 22.5. The fourth-order valence-corrected chi connectivity index (χ4v) is 2.91. The molecule has 6 nitrogen and oxygen atoms in total. The molecular weight excluding hydrogens is 301 g/mol. The average Bonchev–Trinajstić information content (AvgIpc) is 2.47. The SMILES string of the molecule is CC(C)NC(=O)[C@H]1CC[C@@H](Nc2cc(F)ccc2[N+](=O)[O-])CC1. The number of amides is 1. The highest BCUT2D eigenvalue weighted by atomic mass is 19.1. The number of nitrogens with one attached hydrogen (secondary N) is 2. The topological polar surface area (TPSA) is 84.3 Å². The second-order valence-electron chi connectivity index (χ2n) is 6.27. The number of nitro benzene ring substituents is 1. The van der Waals surface area contributed by atoms with Gasteiger partial charge in [0.15, 0.2) is 0 Å². The van der Waals surface area contributed by atoms with E-state index in [0.717, 1.165) is 37.8 Å².